The van der Waals surface area contributed by atoms with E-state index in [1.807, 2.05) is 49.4 Å². The number of hydrogen-bond acceptors (Lipinski definition) is 3. The number of imidazole rings is 1. The highest BCUT2D eigenvalue weighted by Crippen LogP contribution is 2.21. The molecule has 1 N–H and O–H groups in total. The number of amides is 1. The van der Waals surface area contributed by atoms with E-state index in [0.29, 0.717) is 13.2 Å². The van der Waals surface area contributed by atoms with Gasteiger partial charge in [-0.05, 0) is 74.6 Å². The van der Waals surface area contributed by atoms with Crippen molar-refractivity contribution < 1.29 is 9.53 Å². The normalized spacial score (nSPS) is 11.0. The third-order valence-corrected chi connectivity index (χ3v) is 6.32. The lowest BCUT2D eigenvalue weighted by atomic mass is 10.1. The first-order valence-corrected chi connectivity index (χ1v) is 12.0. The second-order valence-corrected chi connectivity index (χ2v) is 8.74. The first-order valence-electron chi connectivity index (χ1n) is 12.0. The van der Waals surface area contributed by atoms with Crippen LogP contribution in [0.2, 0.25) is 0 Å². The Hall–Kier alpha value is -3.60. The van der Waals surface area contributed by atoms with Crippen LogP contribution < -0.4 is 10.1 Å². The number of carbonyl (C=O) groups is 1. The number of nitrogens with zero attached hydrogens (tertiary/aromatic N) is 2. The second-order valence-electron chi connectivity index (χ2n) is 8.74. The topological polar surface area (TPSA) is 56.2 Å². The number of ether oxygens (including phenoxy) is 1. The number of aromatic nitrogens is 2. The van der Waals surface area contributed by atoms with Gasteiger partial charge in [-0.1, -0.05) is 42.5 Å². The zero-order chi connectivity index (χ0) is 23.9. The van der Waals surface area contributed by atoms with Crippen LogP contribution in [0.15, 0.2) is 66.7 Å². The van der Waals surface area contributed by atoms with Crippen LogP contribution in [0.5, 0.6) is 5.75 Å². The van der Waals surface area contributed by atoms with E-state index in [2.05, 4.69) is 48.0 Å². The van der Waals surface area contributed by atoms with E-state index < -0.39 is 0 Å². The molecule has 0 fully saturated rings. The largest absolute Gasteiger partial charge is 0.493 e. The molecule has 1 amide bonds. The van der Waals surface area contributed by atoms with Gasteiger partial charge >= 0.3 is 0 Å². The van der Waals surface area contributed by atoms with Gasteiger partial charge in [0, 0.05) is 25.1 Å². The Morgan fingerprint density at radius 3 is 2.53 bits per heavy atom. The average Bonchev–Trinajstić information content (AvgIpc) is 3.19. The van der Waals surface area contributed by atoms with Gasteiger partial charge in [-0.25, -0.2) is 4.98 Å². The van der Waals surface area contributed by atoms with Gasteiger partial charge in [0.25, 0.3) is 5.91 Å². The second kappa shape index (κ2) is 11.0. The summed E-state index contributed by atoms with van der Waals surface area (Å²) >= 11 is 0. The monoisotopic (exact) mass is 455 g/mol. The summed E-state index contributed by atoms with van der Waals surface area (Å²) in [6, 6.07) is 22.1. The maximum atomic E-state index is 12.5. The maximum absolute atomic E-state index is 12.5. The predicted molar refractivity (Wildman–Crippen MR) is 138 cm³/mol. The van der Waals surface area contributed by atoms with E-state index >= 15 is 0 Å². The molecule has 0 saturated carbocycles. The third-order valence-electron chi connectivity index (χ3n) is 6.32. The smallest absolute Gasteiger partial charge is 0.251 e. The van der Waals surface area contributed by atoms with E-state index in [9.17, 15) is 4.79 Å². The lowest BCUT2D eigenvalue weighted by molar-refractivity contribution is 0.0952. The molecule has 0 aliphatic heterocycles. The summed E-state index contributed by atoms with van der Waals surface area (Å²) < 4.78 is 8.36. The van der Waals surface area contributed by atoms with Crippen LogP contribution in [0.4, 0.5) is 0 Å². The Kier molecular flexibility index (Phi) is 7.63. The van der Waals surface area contributed by atoms with E-state index in [0.717, 1.165) is 59.5 Å². The highest BCUT2D eigenvalue weighted by atomic mass is 16.5. The molecular weight excluding hydrogens is 422 g/mol. The molecule has 34 heavy (non-hydrogen) atoms. The van der Waals surface area contributed by atoms with Gasteiger partial charge in [0.1, 0.15) is 11.6 Å². The molecule has 4 aromatic rings. The molecule has 0 spiro atoms. The molecule has 176 valence electrons. The highest BCUT2D eigenvalue weighted by molar-refractivity contribution is 5.95. The number of aryl methyl sites for hydroxylation is 4. The minimum absolute atomic E-state index is 0.0183. The Morgan fingerprint density at radius 1 is 0.912 bits per heavy atom. The number of benzene rings is 3. The number of hydrogen-bond donors (Lipinski definition) is 1. The summed E-state index contributed by atoms with van der Waals surface area (Å²) in [7, 11) is 0. The van der Waals surface area contributed by atoms with Crippen molar-refractivity contribution in [2.45, 2.75) is 46.6 Å². The van der Waals surface area contributed by atoms with Crippen molar-refractivity contribution in [2.75, 3.05) is 13.2 Å². The Balaban J connectivity index is 1.35. The number of para-hydroxylation sites is 2. The van der Waals surface area contributed by atoms with E-state index in [1.165, 1.54) is 11.1 Å². The molecule has 0 saturated heterocycles. The van der Waals surface area contributed by atoms with E-state index in [-0.39, 0.29) is 5.91 Å². The summed E-state index contributed by atoms with van der Waals surface area (Å²) in [5, 5.41) is 3.05. The van der Waals surface area contributed by atoms with Gasteiger partial charge in [-0.3, -0.25) is 4.79 Å². The highest BCUT2D eigenvalue weighted by Gasteiger charge is 2.12. The molecule has 1 aromatic heterocycles. The van der Waals surface area contributed by atoms with Crippen LogP contribution in [0.25, 0.3) is 11.0 Å². The van der Waals surface area contributed by atoms with E-state index in [1.54, 1.807) is 0 Å². The molecule has 1 heterocycles. The van der Waals surface area contributed by atoms with Crippen molar-refractivity contribution in [3.05, 3.63) is 94.8 Å². The van der Waals surface area contributed by atoms with Crippen LogP contribution >= 0.6 is 0 Å². The van der Waals surface area contributed by atoms with Crippen molar-refractivity contribution >= 4 is 16.9 Å². The summed E-state index contributed by atoms with van der Waals surface area (Å²) in [6.07, 6.45) is 2.53. The summed E-state index contributed by atoms with van der Waals surface area (Å²) in [4.78, 5) is 17.3. The van der Waals surface area contributed by atoms with Crippen molar-refractivity contribution in [2.24, 2.45) is 0 Å². The van der Waals surface area contributed by atoms with Crippen LogP contribution in [-0.4, -0.2) is 28.6 Å². The third kappa shape index (κ3) is 5.48. The van der Waals surface area contributed by atoms with Gasteiger partial charge in [-0.15, -0.1) is 0 Å². The molecule has 5 nitrogen and oxygen atoms in total. The number of nitrogens with one attached hydrogen (secondary N) is 1. The Morgan fingerprint density at radius 2 is 1.68 bits per heavy atom. The lowest BCUT2D eigenvalue weighted by Gasteiger charge is -2.13. The summed E-state index contributed by atoms with van der Waals surface area (Å²) in [5.41, 5.74) is 6.33. The van der Waals surface area contributed by atoms with Crippen molar-refractivity contribution in [3.63, 3.8) is 0 Å². The average molecular weight is 456 g/mol. The van der Waals surface area contributed by atoms with Gasteiger partial charge in [-0.2, -0.15) is 0 Å². The van der Waals surface area contributed by atoms with Crippen molar-refractivity contribution in [1.29, 1.82) is 0 Å². The zero-order valence-electron chi connectivity index (χ0n) is 20.3. The summed E-state index contributed by atoms with van der Waals surface area (Å²) in [5.74, 6) is 1.99. The van der Waals surface area contributed by atoms with Crippen molar-refractivity contribution in [1.82, 2.24) is 14.9 Å². The molecule has 3 aromatic carbocycles. The first kappa shape index (κ1) is 23.6. The minimum Gasteiger partial charge on any atom is -0.493 e. The first-order chi connectivity index (χ1) is 16.5. The maximum Gasteiger partial charge on any atom is 0.251 e. The van der Waals surface area contributed by atoms with Crippen LogP contribution in [0.3, 0.4) is 0 Å². The van der Waals surface area contributed by atoms with Gasteiger partial charge in [0.05, 0.1) is 17.6 Å². The number of carbonyl (C=O) groups excluding carboxylic acids is 1. The quantitative estimate of drug-likeness (QED) is 0.308. The number of rotatable bonds is 10. The van der Waals surface area contributed by atoms with Crippen molar-refractivity contribution in [3.8, 4) is 5.75 Å². The van der Waals surface area contributed by atoms with E-state index in [4.69, 9.17) is 9.72 Å². The van der Waals surface area contributed by atoms with Gasteiger partial charge < -0.3 is 14.6 Å². The number of fused-ring (bicyclic) bond motifs is 1. The Bertz CT molecular complexity index is 1280. The molecule has 5 heteroatoms. The Labute approximate surface area is 201 Å². The molecule has 0 aliphatic rings. The fourth-order valence-electron chi connectivity index (χ4n) is 4.22. The molecule has 0 radical (unpaired) electrons. The zero-order valence-corrected chi connectivity index (χ0v) is 20.3. The molecule has 0 bridgehead atoms. The SMILES string of the molecule is Cc1ccccc1C(=O)NCCCc1nc2ccccc2n1CCCOc1cccc(C)c1C. The molecule has 0 atom stereocenters. The lowest BCUT2D eigenvalue weighted by Crippen LogP contribution is -2.25. The fourth-order valence-corrected chi connectivity index (χ4v) is 4.22. The molecule has 0 unspecified atom stereocenters. The molecule has 4 rings (SSSR count). The van der Waals surface area contributed by atoms with Crippen LogP contribution in [-0.2, 0) is 13.0 Å². The van der Waals surface area contributed by atoms with Crippen LogP contribution in [0, 0.1) is 20.8 Å². The predicted octanol–water partition coefficient (Wildman–Crippen LogP) is 5.79. The fraction of sp³-hybridized carbons (Fsp3) is 0.310. The van der Waals surface area contributed by atoms with Crippen LogP contribution in [0.1, 0.15) is 45.7 Å². The molecule has 0 aliphatic carbocycles. The minimum atomic E-state index is -0.0183. The summed E-state index contributed by atoms with van der Waals surface area (Å²) in [6.45, 7) is 8.28. The molecular formula is C29H33N3O2. The van der Waals surface area contributed by atoms with Gasteiger partial charge in [0.2, 0.25) is 0 Å². The van der Waals surface area contributed by atoms with Gasteiger partial charge in [0.15, 0.2) is 0 Å². The standard InChI is InChI=1S/C29H33N3O2/c1-21-12-8-16-27(23(21)3)34-20-10-19-32-26-15-7-6-14-25(26)31-28(32)17-9-18-30-29(33)24-13-5-4-11-22(24)2/h4-8,11-16H,9-10,17-20H2,1-3H3,(H,30,33).